The minimum absolute atomic E-state index is 0.828. The van der Waals surface area contributed by atoms with Crippen LogP contribution in [0.3, 0.4) is 0 Å². The molecule has 0 spiro atoms. The fourth-order valence-corrected chi connectivity index (χ4v) is 2.87. The van der Waals surface area contributed by atoms with Crippen LogP contribution >= 0.6 is 0 Å². The van der Waals surface area contributed by atoms with Gasteiger partial charge in [0.1, 0.15) is 11.3 Å². The Bertz CT molecular complexity index is 541. The van der Waals surface area contributed by atoms with Crippen LogP contribution in [0.1, 0.15) is 31.1 Å². The van der Waals surface area contributed by atoms with Crippen LogP contribution < -0.4 is 5.32 Å². The van der Waals surface area contributed by atoms with Gasteiger partial charge in [0.2, 0.25) is 0 Å². The molecule has 3 rings (SSSR count). The first kappa shape index (κ1) is 12.7. The third-order valence-electron chi connectivity index (χ3n) is 3.90. The second-order valence-corrected chi connectivity index (χ2v) is 5.26. The first-order valence-corrected chi connectivity index (χ1v) is 7.31. The number of hydrogen-bond acceptors (Lipinski definition) is 3. The second kappa shape index (κ2) is 5.76. The molecule has 0 amide bonds. The highest BCUT2D eigenvalue weighted by Gasteiger charge is 2.18. The molecule has 3 heteroatoms. The Hall–Kier alpha value is -1.32. The molecule has 1 aliphatic rings. The number of fused-ring (bicyclic) bond motifs is 1. The summed E-state index contributed by atoms with van der Waals surface area (Å²) in [5.41, 5.74) is 2.39. The van der Waals surface area contributed by atoms with Crippen LogP contribution in [-0.4, -0.2) is 24.5 Å². The molecule has 1 aromatic carbocycles. The van der Waals surface area contributed by atoms with E-state index in [1.807, 2.05) is 6.07 Å². The summed E-state index contributed by atoms with van der Waals surface area (Å²) in [4.78, 5) is 2.53. The van der Waals surface area contributed by atoms with Gasteiger partial charge in [0.15, 0.2) is 0 Å². The number of benzene rings is 1. The van der Waals surface area contributed by atoms with Crippen molar-refractivity contribution in [2.75, 3.05) is 19.6 Å². The van der Waals surface area contributed by atoms with Gasteiger partial charge in [-0.15, -0.1) is 0 Å². The van der Waals surface area contributed by atoms with Crippen LogP contribution in [0.25, 0.3) is 11.0 Å². The Balaban J connectivity index is 1.92. The standard InChI is InChI=1S/C16H22N2O/c1-2-17-11-16-14(12-18-9-5-6-10-18)13-7-3-4-8-15(13)19-16/h3-4,7-8,17H,2,5-6,9-12H2,1H3. The van der Waals surface area contributed by atoms with E-state index in [0.717, 1.165) is 31.0 Å². The van der Waals surface area contributed by atoms with E-state index in [1.54, 1.807) is 0 Å². The monoisotopic (exact) mass is 258 g/mol. The zero-order valence-electron chi connectivity index (χ0n) is 11.6. The van der Waals surface area contributed by atoms with Crippen molar-refractivity contribution in [1.29, 1.82) is 0 Å². The van der Waals surface area contributed by atoms with Crippen molar-refractivity contribution in [2.24, 2.45) is 0 Å². The summed E-state index contributed by atoms with van der Waals surface area (Å²) < 4.78 is 6.02. The largest absolute Gasteiger partial charge is 0.459 e. The Labute approximate surface area is 114 Å². The number of nitrogens with zero attached hydrogens (tertiary/aromatic N) is 1. The maximum atomic E-state index is 6.02. The maximum absolute atomic E-state index is 6.02. The molecule has 1 fully saturated rings. The normalized spacial score (nSPS) is 16.5. The average molecular weight is 258 g/mol. The molecule has 1 saturated heterocycles. The molecule has 19 heavy (non-hydrogen) atoms. The third-order valence-corrected chi connectivity index (χ3v) is 3.90. The SMILES string of the molecule is CCNCc1oc2ccccc2c1CN1CCCC1. The molecule has 0 atom stereocenters. The van der Waals surface area contributed by atoms with Crippen LogP contribution in [0.4, 0.5) is 0 Å². The molecule has 1 N–H and O–H groups in total. The Morgan fingerprint density at radius 3 is 2.79 bits per heavy atom. The molecular formula is C16H22N2O. The summed E-state index contributed by atoms with van der Waals surface area (Å²) in [5.74, 6) is 1.11. The molecule has 0 unspecified atom stereocenters. The van der Waals surface area contributed by atoms with Gasteiger partial charge in [-0.25, -0.2) is 0 Å². The van der Waals surface area contributed by atoms with Crippen molar-refractivity contribution in [3.05, 3.63) is 35.6 Å². The molecule has 3 nitrogen and oxygen atoms in total. The van der Waals surface area contributed by atoms with Crippen LogP contribution in [0.5, 0.6) is 0 Å². The topological polar surface area (TPSA) is 28.4 Å². The highest BCUT2D eigenvalue weighted by atomic mass is 16.3. The first-order chi connectivity index (χ1) is 9.38. The smallest absolute Gasteiger partial charge is 0.134 e. The lowest BCUT2D eigenvalue weighted by Gasteiger charge is -2.14. The quantitative estimate of drug-likeness (QED) is 0.893. The van der Waals surface area contributed by atoms with E-state index in [-0.39, 0.29) is 0 Å². The lowest BCUT2D eigenvalue weighted by Crippen LogP contribution is -2.20. The van der Waals surface area contributed by atoms with Gasteiger partial charge in [0.05, 0.1) is 6.54 Å². The number of rotatable bonds is 5. The minimum Gasteiger partial charge on any atom is -0.459 e. The van der Waals surface area contributed by atoms with Crippen molar-refractivity contribution in [3.8, 4) is 0 Å². The molecule has 0 saturated carbocycles. The predicted molar refractivity (Wildman–Crippen MR) is 78.1 cm³/mol. The first-order valence-electron chi connectivity index (χ1n) is 7.31. The van der Waals surface area contributed by atoms with Gasteiger partial charge in [-0.3, -0.25) is 4.90 Å². The minimum atomic E-state index is 0.828. The van der Waals surface area contributed by atoms with Gasteiger partial charge in [-0.2, -0.15) is 0 Å². The van der Waals surface area contributed by atoms with Crippen LogP contribution in [0.2, 0.25) is 0 Å². The van der Waals surface area contributed by atoms with E-state index in [4.69, 9.17) is 4.42 Å². The average Bonchev–Trinajstić information content (AvgIpc) is 3.06. The van der Waals surface area contributed by atoms with Gasteiger partial charge >= 0.3 is 0 Å². The molecule has 0 radical (unpaired) electrons. The van der Waals surface area contributed by atoms with E-state index in [9.17, 15) is 0 Å². The van der Waals surface area contributed by atoms with Crippen LogP contribution in [0, 0.1) is 0 Å². The summed E-state index contributed by atoms with van der Waals surface area (Å²) in [6, 6.07) is 8.39. The number of likely N-dealkylation sites (tertiary alicyclic amines) is 1. The predicted octanol–water partition coefficient (Wildman–Crippen LogP) is 3.14. The molecule has 0 aliphatic carbocycles. The van der Waals surface area contributed by atoms with Gasteiger partial charge in [-0.1, -0.05) is 25.1 Å². The zero-order valence-corrected chi connectivity index (χ0v) is 11.6. The van der Waals surface area contributed by atoms with Gasteiger partial charge < -0.3 is 9.73 Å². The highest BCUT2D eigenvalue weighted by Crippen LogP contribution is 2.28. The van der Waals surface area contributed by atoms with Gasteiger partial charge in [0.25, 0.3) is 0 Å². The van der Waals surface area contributed by atoms with E-state index in [1.165, 1.54) is 36.9 Å². The molecule has 1 aliphatic heterocycles. The molecule has 1 aromatic heterocycles. The summed E-state index contributed by atoms with van der Waals surface area (Å²) in [7, 11) is 0. The van der Waals surface area contributed by atoms with Crippen LogP contribution in [0.15, 0.2) is 28.7 Å². The molecule has 102 valence electrons. The van der Waals surface area contributed by atoms with Crippen LogP contribution in [-0.2, 0) is 13.1 Å². The summed E-state index contributed by atoms with van der Waals surface area (Å²) >= 11 is 0. The number of nitrogens with one attached hydrogen (secondary N) is 1. The fraction of sp³-hybridized carbons (Fsp3) is 0.500. The van der Waals surface area contributed by atoms with Crippen molar-refractivity contribution in [1.82, 2.24) is 10.2 Å². The molecule has 0 bridgehead atoms. The maximum Gasteiger partial charge on any atom is 0.134 e. The summed E-state index contributed by atoms with van der Waals surface area (Å²) in [6.07, 6.45) is 2.66. The summed E-state index contributed by atoms with van der Waals surface area (Å²) in [6.45, 7) is 7.40. The van der Waals surface area contributed by atoms with Crippen molar-refractivity contribution in [2.45, 2.75) is 32.9 Å². The van der Waals surface area contributed by atoms with E-state index < -0.39 is 0 Å². The Kier molecular flexibility index (Phi) is 3.85. The lowest BCUT2D eigenvalue weighted by molar-refractivity contribution is 0.328. The Morgan fingerprint density at radius 1 is 1.21 bits per heavy atom. The number of furan rings is 1. The highest BCUT2D eigenvalue weighted by molar-refractivity contribution is 5.82. The third kappa shape index (κ3) is 2.67. The number of hydrogen-bond donors (Lipinski definition) is 1. The van der Waals surface area contributed by atoms with E-state index in [0.29, 0.717) is 0 Å². The van der Waals surface area contributed by atoms with E-state index in [2.05, 4.69) is 35.3 Å². The molecule has 2 aromatic rings. The van der Waals surface area contributed by atoms with Gasteiger partial charge in [-0.05, 0) is 38.5 Å². The van der Waals surface area contributed by atoms with Crippen molar-refractivity contribution in [3.63, 3.8) is 0 Å². The lowest BCUT2D eigenvalue weighted by atomic mass is 10.1. The van der Waals surface area contributed by atoms with E-state index >= 15 is 0 Å². The zero-order chi connectivity index (χ0) is 13.1. The van der Waals surface area contributed by atoms with Gasteiger partial charge in [0, 0.05) is 17.5 Å². The fourth-order valence-electron chi connectivity index (χ4n) is 2.87. The molecular weight excluding hydrogens is 236 g/mol. The number of para-hydroxylation sites is 1. The second-order valence-electron chi connectivity index (χ2n) is 5.26. The molecule has 2 heterocycles. The van der Waals surface area contributed by atoms with Crippen molar-refractivity contribution < 1.29 is 4.42 Å². The Morgan fingerprint density at radius 2 is 2.00 bits per heavy atom. The van der Waals surface area contributed by atoms with Crippen molar-refractivity contribution >= 4 is 11.0 Å². The summed E-state index contributed by atoms with van der Waals surface area (Å²) in [5, 5.41) is 4.66.